The summed E-state index contributed by atoms with van der Waals surface area (Å²) < 4.78 is 29.0. The van der Waals surface area contributed by atoms with Crippen LogP contribution in [0.1, 0.15) is 37.5 Å². The van der Waals surface area contributed by atoms with Gasteiger partial charge in [0.25, 0.3) is 10.0 Å². The Labute approximate surface area is 257 Å². The zero-order valence-electron chi connectivity index (χ0n) is 23.6. The molecule has 3 aromatic rings. The first-order chi connectivity index (χ1) is 19.2. The van der Waals surface area contributed by atoms with Crippen molar-refractivity contribution in [3.63, 3.8) is 0 Å². The van der Waals surface area contributed by atoms with Gasteiger partial charge in [-0.3, -0.25) is 13.9 Å². The van der Waals surface area contributed by atoms with Gasteiger partial charge in [0, 0.05) is 18.1 Å². The van der Waals surface area contributed by atoms with E-state index < -0.39 is 28.5 Å². The molecule has 1 atom stereocenters. The fraction of sp³-hybridized carbons (Fsp3) is 0.333. The van der Waals surface area contributed by atoms with E-state index in [0.29, 0.717) is 32.7 Å². The van der Waals surface area contributed by atoms with E-state index in [1.54, 1.807) is 56.3 Å². The maximum atomic E-state index is 14.0. The molecule has 0 aliphatic rings. The van der Waals surface area contributed by atoms with Crippen LogP contribution >= 0.6 is 34.8 Å². The molecule has 0 fully saturated rings. The predicted octanol–water partition coefficient (Wildman–Crippen LogP) is 6.65. The number of hydrogen-bond acceptors (Lipinski definition) is 4. The number of sulfonamides is 1. The number of carbonyl (C=O) groups excluding carboxylic acids is 2. The quantitative estimate of drug-likeness (QED) is 0.255. The standard InChI is InChI=1S/C30H34Cl3N3O4S/c1-19(2)16-34-30(38)22(5)35(17-23-9-13-26(32)27(33)14-23)29(37)18-36(28-15-24(31)10-8-21(28)4)41(39,40)25-11-6-20(3)7-12-25/h6-15,19,22H,16-18H2,1-5H3,(H,34,38)/t22-/m1/s1. The van der Waals surface area contributed by atoms with Crippen molar-refractivity contribution < 1.29 is 18.0 Å². The lowest BCUT2D eigenvalue weighted by Gasteiger charge is -2.32. The van der Waals surface area contributed by atoms with Crippen LogP contribution in [0.2, 0.25) is 15.1 Å². The monoisotopic (exact) mass is 637 g/mol. The molecule has 0 bridgehead atoms. The molecule has 2 amide bonds. The smallest absolute Gasteiger partial charge is 0.264 e. The molecule has 0 saturated heterocycles. The zero-order chi connectivity index (χ0) is 30.5. The van der Waals surface area contributed by atoms with Crippen LogP contribution in [0, 0.1) is 19.8 Å². The molecule has 41 heavy (non-hydrogen) atoms. The van der Waals surface area contributed by atoms with E-state index in [1.807, 2.05) is 20.8 Å². The Bertz CT molecular complexity index is 1510. The van der Waals surface area contributed by atoms with Crippen LogP contribution in [0.3, 0.4) is 0 Å². The number of benzene rings is 3. The molecule has 0 aliphatic carbocycles. The Kier molecular flexibility index (Phi) is 11.1. The van der Waals surface area contributed by atoms with E-state index in [4.69, 9.17) is 34.8 Å². The molecule has 0 spiro atoms. The molecule has 0 unspecified atom stereocenters. The van der Waals surface area contributed by atoms with Crippen molar-refractivity contribution in [2.24, 2.45) is 5.92 Å². The van der Waals surface area contributed by atoms with E-state index in [-0.39, 0.29) is 29.0 Å². The van der Waals surface area contributed by atoms with Crippen molar-refractivity contribution in [1.29, 1.82) is 0 Å². The maximum absolute atomic E-state index is 14.0. The van der Waals surface area contributed by atoms with Crippen LogP contribution in [-0.4, -0.2) is 44.3 Å². The van der Waals surface area contributed by atoms with Gasteiger partial charge in [0.15, 0.2) is 0 Å². The number of nitrogens with zero attached hydrogens (tertiary/aromatic N) is 2. The molecule has 3 aromatic carbocycles. The van der Waals surface area contributed by atoms with Gasteiger partial charge in [-0.1, -0.05) is 78.5 Å². The first-order valence-corrected chi connectivity index (χ1v) is 15.6. The molecule has 0 heterocycles. The van der Waals surface area contributed by atoms with Gasteiger partial charge in [0.2, 0.25) is 11.8 Å². The van der Waals surface area contributed by atoms with Crippen LogP contribution in [0.25, 0.3) is 0 Å². The summed E-state index contributed by atoms with van der Waals surface area (Å²) in [5.74, 6) is -0.747. The van der Waals surface area contributed by atoms with Gasteiger partial charge in [0.05, 0.1) is 20.6 Å². The van der Waals surface area contributed by atoms with E-state index >= 15 is 0 Å². The van der Waals surface area contributed by atoms with E-state index in [2.05, 4.69) is 5.32 Å². The topological polar surface area (TPSA) is 86.8 Å². The van der Waals surface area contributed by atoms with Crippen molar-refractivity contribution in [2.75, 3.05) is 17.4 Å². The molecule has 220 valence electrons. The van der Waals surface area contributed by atoms with E-state index in [9.17, 15) is 18.0 Å². The second-order valence-corrected chi connectivity index (χ2v) is 13.5. The first-order valence-electron chi connectivity index (χ1n) is 13.1. The Hall–Kier alpha value is -2.78. The molecule has 7 nitrogen and oxygen atoms in total. The van der Waals surface area contributed by atoms with E-state index in [0.717, 1.165) is 9.87 Å². The summed E-state index contributed by atoms with van der Waals surface area (Å²) in [6.07, 6.45) is 0. The minimum absolute atomic E-state index is 0.00106. The highest BCUT2D eigenvalue weighted by Gasteiger charge is 2.33. The highest BCUT2D eigenvalue weighted by Crippen LogP contribution is 2.30. The lowest BCUT2D eigenvalue weighted by atomic mass is 10.1. The Morgan fingerprint density at radius 2 is 1.54 bits per heavy atom. The summed E-state index contributed by atoms with van der Waals surface area (Å²) in [5.41, 5.74) is 2.39. The van der Waals surface area contributed by atoms with Crippen LogP contribution in [-0.2, 0) is 26.2 Å². The number of anilines is 1. The molecule has 0 aromatic heterocycles. The van der Waals surface area contributed by atoms with Gasteiger partial charge in [-0.25, -0.2) is 8.42 Å². The summed E-state index contributed by atoms with van der Waals surface area (Å²) in [6.45, 7) is 8.98. The SMILES string of the molecule is Cc1ccc(S(=O)(=O)N(CC(=O)N(Cc2ccc(Cl)c(Cl)c2)[C@H](C)C(=O)NCC(C)C)c2cc(Cl)ccc2C)cc1. The minimum Gasteiger partial charge on any atom is -0.354 e. The fourth-order valence-electron chi connectivity index (χ4n) is 4.07. The summed E-state index contributed by atoms with van der Waals surface area (Å²) in [7, 11) is -4.20. The van der Waals surface area contributed by atoms with Crippen LogP contribution in [0.4, 0.5) is 5.69 Å². The molecule has 11 heteroatoms. The largest absolute Gasteiger partial charge is 0.354 e. The molecular formula is C30H34Cl3N3O4S. The number of hydrogen-bond donors (Lipinski definition) is 1. The first kappa shape index (κ1) is 32.7. The molecule has 1 N–H and O–H groups in total. The minimum atomic E-state index is -4.20. The van der Waals surface area contributed by atoms with E-state index in [1.165, 1.54) is 23.1 Å². The Balaban J connectivity index is 2.07. The summed E-state index contributed by atoms with van der Waals surface area (Å²) >= 11 is 18.6. The van der Waals surface area contributed by atoms with Crippen molar-refractivity contribution >= 4 is 62.3 Å². The molecule has 0 aliphatic heterocycles. The van der Waals surface area contributed by atoms with Gasteiger partial charge >= 0.3 is 0 Å². The average molecular weight is 639 g/mol. The third-order valence-corrected chi connectivity index (χ3v) is 9.26. The molecule has 0 saturated carbocycles. The summed E-state index contributed by atoms with van der Waals surface area (Å²) in [4.78, 5) is 28.5. The number of aryl methyl sites for hydroxylation is 2. The van der Waals surface area contributed by atoms with Gasteiger partial charge < -0.3 is 10.2 Å². The number of carbonyl (C=O) groups is 2. The number of nitrogens with one attached hydrogen (secondary N) is 1. The van der Waals surface area contributed by atoms with Crippen LogP contribution in [0.15, 0.2) is 65.6 Å². The van der Waals surface area contributed by atoms with Gasteiger partial charge in [0.1, 0.15) is 12.6 Å². The summed E-state index contributed by atoms with van der Waals surface area (Å²) in [6, 6.07) is 15.2. The number of rotatable bonds is 11. The average Bonchev–Trinajstić information content (AvgIpc) is 2.92. The van der Waals surface area contributed by atoms with Gasteiger partial charge in [-0.2, -0.15) is 0 Å². The molecular weight excluding hydrogens is 605 g/mol. The lowest BCUT2D eigenvalue weighted by molar-refractivity contribution is -0.139. The lowest BCUT2D eigenvalue weighted by Crippen LogP contribution is -2.51. The Morgan fingerprint density at radius 3 is 2.15 bits per heavy atom. The molecule has 0 radical (unpaired) electrons. The van der Waals surface area contributed by atoms with Crippen molar-refractivity contribution in [1.82, 2.24) is 10.2 Å². The van der Waals surface area contributed by atoms with Crippen LogP contribution in [0.5, 0.6) is 0 Å². The van der Waals surface area contributed by atoms with Gasteiger partial charge in [-0.15, -0.1) is 0 Å². The van der Waals surface area contributed by atoms with Crippen LogP contribution < -0.4 is 9.62 Å². The fourth-order valence-corrected chi connectivity index (χ4v) is 6.03. The second-order valence-electron chi connectivity index (χ2n) is 10.3. The number of amides is 2. The number of halogens is 3. The second kappa shape index (κ2) is 13.9. The van der Waals surface area contributed by atoms with Crippen molar-refractivity contribution in [3.8, 4) is 0 Å². The zero-order valence-corrected chi connectivity index (χ0v) is 26.7. The maximum Gasteiger partial charge on any atom is 0.264 e. The predicted molar refractivity (Wildman–Crippen MR) is 166 cm³/mol. The Morgan fingerprint density at radius 1 is 0.878 bits per heavy atom. The van der Waals surface area contributed by atoms with Gasteiger partial charge in [-0.05, 0) is 74.2 Å². The third kappa shape index (κ3) is 8.38. The third-order valence-electron chi connectivity index (χ3n) is 6.52. The molecule has 3 rings (SSSR count). The normalized spacial score (nSPS) is 12.2. The van der Waals surface area contributed by atoms with Crippen molar-refractivity contribution in [2.45, 2.75) is 52.1 Å². The highest BCUT2D eigenvalue weighted by atomic mass is 35.5. The summed E-state index contributed by atoms with van der Waals surface area (Å²) in [5, 5.41) is 3.82. The highest BCUT2D eigenvalue weighted by molar-refractivity contribution is 7.92. The van der Waals surface area contributed by atoms with Crippen molar-refractivity contribution in [3.05, 3.63) is 92.4 Å².